The largest absolute Gasteiger partial charge is 0.352 e. The van der Waals surface area contributed by atoms with Crippen molar-refractivity contribution in [3.05, 3.63) is 35.6 Å². The third kappa shape index (κ3) is 6.09. The summed E-state index contributed by atoms with van der Waals surface area (Å²) in [4.78, 5) is 30.5. The molecule has 8 heteroatoms. The molecule has 0 spiro atoms. The van der Waals surface area contributed by atoms with Crippen molar-refractivity contribution in [3.8, 4) is 6.07 Å². The molecule has 2 amide bonds. The van der Waals surface area contributed by atoms with Crippen molar-refractivity contribution in [2.75, 3.05) is 20.1 Å². The van der Waals surface area contributed by atoms with E-state index in [0.717, 1.165) is 12.1 Å². The highest BCUT2D eigenvalue weighted by Gasteiger charge is 2.40. The van der Waals surface area contributed by atoms with Crippen LogP contribution in [0.15, 0.2) is 29.3 Å². The zero-order valence-corrected chi connectivity index (χ0v) is 18.5. The Labute approximate surface area is 182 Å². The number of rotatable bonds is 8. The number of nitrogens with zero attached hydrogens (tertiary/aromatic N) is 3. The van der Waals surface area contributed by atoms with Crippen LogP contribution < -0.4 is 5.32 Å². The molecule has 0 radical (unpaired) electrons. The standard InChI is InChI=1S/C23H30F2N4O2/c1-15(24)11-17(12-26)29(4)21(30)14-27-20-10-9-16(23(20,2)3)13-28-22(31)18-7-5-6-8-19(18)25/h5-8,15-17H,9-11,13-14H2,1-4H3,(H,28,31)/t15-,16-,17+/m1/s1. The number of likely N-dealkylation sites (N-methyl/N-ethyl adjacent to an activating group) is 1. The van der Waals surface area contributed by atoms with E-state index < -0.39 is 23.9 Å². The van der Waals surface area contributed by atoms with E-state index >= 15 is 0 Å². The first-order chi connectivity index (χ1) is 14.6. The minimum Gasteiger partial charge on any atom is -0.352 e. The van der Waals surface area contributed by atoms with E-state index in [1.807, 2.05) is 19.9 Å². The zero-order chi connectivity index (χ0) is 23.2. The highest BCUT2D eigenvalue weighted by molar-refractivity contribution is 5.95. The van der Waals surface area contributed by atoms with Crippen LogP contribution in [-0.2, 0) is 4.79 Å². The molecule has 1 aliphatic rings. The van der Waals surface area contributed by atoms with Gasteiger partial charge in [-0.3, -0.25) is 14.6 Å². The Bertz CT molecular complexity index is 877. The first kappa shape index (κ1) is 24.4. The summed E-state index contributed by atoms with van der Waals surface area (Å²) in [5.41, 5.74) is 0.533. The average molecular weight is 433 g/mol. The van der Waals surface area contributed by atoms with Crippen LogP contribution in [0.25, 0.3) is 0 Å². The number of hydrogen-bond acceptors (Lipinski definition) is 4. The zero-order valence-electron chi connectivity index (χ0n) is 18.5. The molecule has 0 saturated heterocycles. The Morgan fingerprint density at radius 1 is 1.39 bits per heavy atom. The van der Waals surface area contributed by atoms with E-state index in [-0.39, 0.29) is 35.8 Å². The van der Waals surface area contributed by atoms with Crippen molar-refractivity contribution >= 4 is 17.5 Å². The number of aliphatic imine (C=N–C) groups is 1. The van der Waals surface area contributed by atoms with E-state index in [1.54, 1.807) is 6.07 Å². The van der Waals surface area contributed by atoms with Gasteiger partial charge in [-0.2, -0.15) is 5.26 Å². The third-order valence-electron chi connectivity index (χ3n) is 6.08. The van der Waals surface area contributed by atoms with Crippen LogP contribution in [0, 0.1) is 28.5 Å². The summed E-state index contributed by atoms with van der Waals surface area (Å²) in [6.07, 6.45) is 0.256. The Balaban J connectivity index is 1.96. The number of alkyl halides is 1. The molecular weight excluding hydrogens is 402 g/mol. The van der Waals surface area contributed by atoms with Crippen molar-refractivity contribution < 1.29 is 18.4 Å². The van der Waals surface area contributed by atoms with Gasteiger partial charge in [0.05, 0.1) is 11.6 Å². The SMILES string of the molecule is C[C@@H](F)C[C@@H](C#N)N(C)C(=O)CN=C1CC[C@H](CNC(=O)c2ccccc2F)C1(C)C. The number of carbonyl (C=O) groups excluding carboxylic acids is 2. The molecule has 0 heterocycles. The predicted octanol–water partition coefficient (Wildman–Crippen LogP) is 3.53. The maximum absolute atomic E-state index is 13.8. The number of benzene rings is 1. The van der Waals surface area contributed by atoms with Crippen molar-refractivity contribution in [3.63, 3.8) is 0 Å². The van der Waals surface area contributed by atoms with Gasteiger partial charge in [0.15, 0.2) is 0 Å². The molecule has 1 saturated carbocycles. The second-order valence-electron chi connectivity index (χ2n) is 8.58. The smallest absolute Gasteiger partial charge is 0.254 e. The van der Waals surface area contributed by atoms with Crippen LogP contribution in [0.4, 0.5) is 8.78 Å². The van der Waals surface area contributed by atoms with E-state index in [0.29, 0.717) is 13.0 Å². The number of nitriles is 1. The lowest BCUT2D eigenvalue weighted by Gasteiger charge is -2.28. The molecule has 2 rings (SSSR count). The molecule has 3 atom stereocenters. The van der Waals surface area contributed by atoms with Gasteiger partial charge in [0.2, 0.25) is 5.91 Å². The minimum absolute atomic E-state index is 0.00970. The van der Waals surface area contributed by atoms with Crippen molar-refractivity contribution in [1.29, 1.82) is 5.26 Å². The summed E-state index contributed by atoms with van der Waals surface area (Å²) >= 11 is 0. The van der Waals surface area contributed by atoms with Crippen LogP contribution in [-0.4, -0.2) is 54.8 Å². The molecule has 1 aliphatic carbocycles. The molecular formula is C23H30F2N4O2. The van der Waals surface area contributed by atoms with Crippen molar-refractivity contribution in [1.82, 2.24) is 10.2 Å². The van der Waals surface area contributed by atoms with Gasteiger partial charge in [0.25, 0.3) is 5.91 Å². The Morgan fingerprint density at radius 3 is 2.68 bits per heavy atom. The fraction of sp³-hybridized carbons (Fsp3) is 0.565. The van der Waals surface area contributed by atoms with Crippen molar-refractivity contribution in [2.24, 2.45) is 16.3 Å². The van der Waals surface area contributed by atoms with Crippen LogP contribution >= 0.6 is 0 Å². The number of hydrogen-bond donors (Lipinski definition) is 1. The van der Waals surface area contributed by atoms with Gasteiger partial charge >= 0.3 is 0 Å². The Morgan fingerprint density at radius 2 is 2.06 bits per heavy atom. The molecule has 1 aromatic carbocycles. The maximum atomic E-state index is 13.8. The molecule has 1 aromatic rings. The Hall–Kier alpha value is -2.82. The van der Waals surface area contributed by atoms with Gasteiger partial charge in [0.1, 0.15) is 24.6 Å². The molecule has 168 valence electrons. The topological polar surface area (TPSA) is 85.6 Å². The molecule has 0 bridgehead atoms. The summed E-state index contributed by atoms with van der Waals surface area (Å²) in [6.45, 7) is 5.64. The summed E-state index contributed by atoms with van der Waals surface area (Å²) in [5.74, 6) is -1.27. The van der Waals surface area contributed by atoms with Gasteiger partial charge in [-0.05, 0) is 37.8 Å². The van der Waals surface area contributed by atoms with Crippen LogP contribution in [0.5, 0.6) is 0 Å². The van der Waals surface area contributed by atoms with Gasteiger partial charge in [0, 0.05) is 31.1 Å². The van der Waals surface area contributed by atoms with Gasteiger partial charge in [-0.15, -0.1) is 0 Å². The summed E-state index contributed by atoms with van der Waals surface area (Å²) in [5, 5.41) is 12.0. The van der Waals surface area contributed by atoms with Gasteiger partial charge in [-0.1, -0.05) is 26.0 Å². The first-order valence-corrected chi connectivity index (χ1v) is 10.4. The number of carbonyl (C=O) groups is 2. The lowest BCUT2D eigenvalue weighted by molar-refractivity contribution is -0.129. The number of nitrogens with one attached hydrogen (secondary N) is 1. The second kappa shape index (κ2) is 10.5. The van der Waals surface area contributed by atoms with E-state index in [9.17, 15) is 23.6 Å². The van der Waals surface area contributed by atoms with E-state index in [1.165, 1.54) is 37.1 Å². The lowest BCUT2D eigenvalue weighted by Crippen LogP contribution is -2.39. The fourth-order valence-corrected chi connectivity index (χ4v) is 3.88. The third-order valence-corrected chi connectivity index (χ3v) is 6.08. The van der Waals surface area contributed by atoms with Crippen LogP contribution in [0.1, 0.15) is 50.4 Å². The molecule has 0 unspecified atom stereocenters. The minimum atomic E-state index is -1.18. The summed E-state index contributed by atoms with van der Waals surface area (Å²) in [6, 6.07) is 6.97. The molecule has 31 heavy (non-hydrogen) atoms. The molecule has 0 aromatic heterocycles. The van der Waals surface area contributed by atoms with E-state index in [4.69, 9.17) is 0 Å². The molecule has 6 nitrogen and oxygen atoms in total. The van der Waals surface area contributed by atoms with Gasteiger partial charge in [-0.25, -0.2) is 8.78 Å². The van der Waals surface area contributed by atoms with Gasteiger partial charge < -0.3 is 10.2 Å². The Kier molecular flexibility index (Phi) is 8.26. The quantitative estimate of drug-likeness (QED) is 0.682. The highest BCUT2D eigenvalue weighted by atomic mass is 19.1. The molecule has 1 N–H and O–H groups in total. The monoisotopic (exact) mass is 432 g/mol. The number of halogens is 2. The normalized spacial score (nSPS) is 20.7. The second-order valence-corrected chi connectivity index (χ2v) is 8.58. The molecule has 1 fully saturated rings. The van der Waals surface area contributed by atoms with Crippen LogP contribution in [0.3, 0.4) is 0 Å². The van der Waals surface area contributed by atoms with E-state index in [2.05, 4.69) is 10.3 Å². The summed E-state index contributed by atoms with van der Waals surface area (Å²) in [7, 11) is 1.49. The summed E-state index contributed by atoms with van der Waals surface area (Å²) < 4.78 is 27.0. The fourth-order valence-electron chi connectivity index (χ4n) is 3.88. The van der Waals surface area contributed by atoms with Crippen LogP contribution in [0.2, 0.25) is 0 Å². The van der Waals surface area contributed by atoms with Crippen molar-refractivity contribution in [2.45, 2.75) is 52.2 Å². The first-order valence-electron chi connectivity index (χ1n) is 10.4. The number of amides is 2. The molecule has 0 aliphatic heterocycles. The highest BCUT2D eigenvalue weighted by Crippen LogP contribution is 2.40. The maximum Gasteiger partial charge on any atom is 0.254 e. The lowest BCUT2D eigenvalue weighted by atomic mass is 9.80. The predicted molar refractivity (Wildman–Crippen MR) is 115 cm³/mol. The average Bonchev–Trinajstić information content (AvgIpc) is 3.01.